The molecule has 0 bridgehead atoms. The van der Waals surface area contributed by atoms with Gasteiger partial charge in [-0.15, -0.1) is 0 Å². The minimum absolute atomic E-state index is 0.270. The molecule has 1 aliphatic rings. The van der Waals surface area contributed by atoms with Crippen molar-refractivity contribution in [2.24, 2.45) is 0 Å². The maximum Gasteiger partial charge on any atom is 0.250 e. The number of carbonyl (C=O) groups is 2. The number of aromatic nitrogens is 1. The van der Waals surface area contributed by atoms with Gasteiger partial charge < -0.3 is 0 Å². The topological polar surface area (TPSA) is 59.1 Å². The van der Waals surface area contributed by atoms with E-state index in [9.17, 15) is 9.59 Å². The molecule has 2 heterocycles. The van der Waals surface area contributed by atoms with Crippen LogP contribution in [0.15, 0.2) is 36.7 Å². The summed E-state index contributed by atoms with van der Waals surface area (Å²) in [5, 5.41) is 2.33. The summed E-state index contributed by atoms with van der Waals surface area (Å²) in [7, 11) is 0. The maximum absolute atomic E-state index is 12.0. The van der Waals surface area contributed by atoms with Gasteiger partial charge in [0.05, 0.1) is 5.41 Å². The van der Waals surface area contributed by atoms with Crippen LogP contribution >= 0.6 is 0 Å². The zero-order chi connectivity index (χ0) is 11.6. The normalized spacial score (nSPS) is 24.3. The van der Waals surface area contributed by atoms with Gasteiger partial charge in [-0.3, -0.25) is 19.9 Å². The molecule has 1 unspecified atom stereocenters. The van der Waals surface area contributed by atoms with Gasteiger partial charge in [0.15, 0.2) is 0 Å². The van der Waals surface area contributed by atoms with Crippen molar-refractivity contribution in [3.8, 4) is 0 Å². The van der Waals surface area contributed by atoms with Crippen LogP contribution in [0.1, 0.15) is 18.9 Å². The van der Waals surface area contributed by atoms with Crippen LogP contribution in [-0.2, 0) is 15.0 Å². The van der Waals surface area contributed by atoms with E-state index < -0.39 is 5.41 Å². The van der Waals surface area contributed by atoms with E-state index in [0.29, 0.717) is 6.42 Å². The first-order valence-electron chi connectivity index (χ1n) is 5.14. The molecule has 0 fully saturated rings. The van der Waals surface area contributed by atoms with E-state index in [1.54, 1.807) is 30.6 Å². The number of hydrogen-bond donors (Lipinski definition) is 1. The number of amides is 2. The fourth-order valence-electron chi connectivity index (χ4n) is 1.92. The number of hydrogen-bond acceptors (Lipinski definition) is 3. The summed E-state index contributed by atoms with van der Waals surface area (Å²) < 4.78 is 0. The zero-order valence-electron chi connectivity index (χ0n) is 8.93. The Morgan fingerprint density at radius 3 is 2.56 bits per heavy atom. The number of rotatable bonds is 2. The van der Waals surface area contributed by atoms with Gasteiger partial charge in [0.25, 0.3) is 0 Å². The fourth-order valence-corrected chi connectivity index (χ4v) is 1.92. The molecule has 82 valence electrons. The minimum atomic E-state index is -0.739. The Morgan fingerprint density at radius 1 is 1.31 bits per heavy atom. The molecular formula is C12H12N2O2. The Labute approximate surface area is 93.4 Å². The predicted molar refractivity (Wildman–Crippen MR) is 58.5 cm³/mol. The molecule has 1 atom stereocenters. The molecule has 0 aliphatic carbocycles. The van der Waals surface area contributed by atoms with Gasteiger partial charge in [0.1, 0.15) is 0 Å². The molecule has 4 nitrogen and oxygen atoms in total. The van der Waals surface area contributed by atoms with Crippen LogP contribution < -0.4 is 5.32 Å². The smallest absolute Gasteiger partial charge is 0.250 e. The Hall–Kier alpha value is -1.97. The monoisotopic (exact) mass is 216 g/mol. The lowest BCUT2D eigenvalue weighted by Crippen LogP contribution is -2.48. The lowest BCUT2D eigenvalue weighted by Gasteiger charge is -2.30. The molecule has 1 aromatic rings. The van der Waals surface area contributed by atoms with Crippen LogP contribution in [-0.4, -0.2) is 16.8 Å². The molecule has 1 N–H and O–H groups in total. The SMILES string of the molecule is CCC1(c2ccncc2)C=CC(=O)NC1=O. The highest BCUT2D eigenvalue weighted by atomic mass is 16.2. The molecule has 0 radical (unpaired) electrons. The van der Waals surface area contributed by atoms with Gasteiger partial charge in [-0.1, -0.05) is 13.0 Å². The van der Waals surface area contributed by atoms with Crippen LogP contribution in [0.2, 0.25) is 0 Å². The van der Waals surface area contributed by atoms with Crippen molar-refractivity contribution in [1.29, 1.82) is 0 Å². The van der Waals surface area contributed by atoms with Crippen molar-refractivity contribution in [2.45, 2.75) is 18.8 Å². The Morgan fingerprint density at radius 2 is 2.00 bits per heavy atom. The predicted octanol–water partition coefficient (Wildman–Crippen LogP) is 0.942. The van der Waals surface area contributed by atoms with Crippen LogP contribution in [0, 0.1) is 0 Å². The molecule has 4 heteroatoms. The summed E-state index contributed by atoms with van der Waals surface area (Å²) in [6, 6.07) is 3.59. The average molecular weight is 216 g/mol. The van der Waals surface area contributed by atoms with Crippen molar-refractivity contribution in [3.05, 3.63) is 42.2 Å². The first-order valence-corrected chi connectivity index (χ1v) is 5.14. The van der Waals surface area contributed by atoms with E-state index in [4.69, 9.17) is 0 Å². The molecule has 1 aromatic heterocycles. The second-order valence-electron chi connectivity index (χ2n) is 3.71. The summed E-state index contributed by atoms with van der Waals surface area (Å²) >= 11 is 0. The van der Waals surface area contributed by atoms with Crippen molar-refractivity contribution in [1.82, 2.24) is 10.3 Å². The Kier molecular flexibility index (Phi) is 2.56. The average Bonchev–Trinajstić information content (AvgIpc) is 2.31. The summed E-state index contributed by atoms with van der Waals surface area (Å²) in [4.78, 5) is 27.0. The lowest BCUT2D eigenvalue weighted by molar-refractivity contribution is -0.132. The van der Waals surface area contributed by atoms with E-state index in [1.165, 1.54) is 6.08 Å². The zero-order valence-corrected chi connectivity index (χ0v) is 8.93. The molecule has 16 heavy (non-hydrogen) atoms. The highest BCUT2D eigenvalue weighted by molar-refractivity contribution is 6.09. The van der Waals surface area contributed by atoms with Gasteiger partial charge in [-0.05, 0) is 24.1 Å². The molecule has 0 aromatic carbocycles. The fraction of sp³-hybridized carbons (Fsp3) is 0.250. The molecule has 0 saturated heterocycles. The van der Waals surface area contributed by atoms with Crippen LogP contribution in [0.4, 0.5) is 0 Å². The standard InChI is InChI=1S/C12H12N2O2/c1-2-12(9-4-7-13-8-5-9)6-3-10(15)14-11(12)16/h3-8H,2H2,1H3,(H,14,15,16). The quantitative estimate of drug-likeness (QED) is 0.748. The second-order valence-corrected chi connectivity index (χ2v) is 3.71. The van der Waals surface area contributed by atoms with Crippen molar-refractivity contribution in [3.63, 3.8) is 0 Å². The van der Waals surface area contributed by atoms with Crippen molar-refractivity contribution < 1.29 is 9.59 Å². The third kappa shape index (κ3) is 1.52. The minimum Gasteiger partial charge on any atom is -0.292 e. The van der Waals surface area contributed by atoms with Crippen LogP contribution in [0.25, 0.3) is 0 Å². The van der Waals surface area contributed by atoms with Gasteiger partial charge in [0.2, 0.25) is 11.8 Å². The number of nitrogens with zero attached hydrogens (tertiary/aromatic N) is 1. The van der Waals surface area contributed by atoms with Crippen LogP contribution in [0.3, 0.4) is 0 Å². The van der Waals surface area contributed by atoms with Gasteiger partial charge in [-0.25, -0.2) is 0 Å². The number of imide groups is 1. The van der Waals surface area contributed by atoms with E-state index in [0.717, 1.165) is 5.56 Å². The van der Waals surface area contributed by atoms with E-state index in [-0.39, 0.29) is 11.8 Å². The molecule has 2 amide bonds. The summed E-state index contributed by atoms with van der Waals surface area (Å²) in [5.74, 6) is -0.628. The number of carbonyl (C=O) groups excluding carboxylic acids is 2. The maximum atomic E-state index is 12.0. The Balaban J connectivity index is 2.52. The first kappa shape index (κ1) is 10.5. The van der Waals surface area contributed by atoms with E-state index >= 15 is 0 Å². The summed E-state index contributed by atoms with van der Waals surface area (Å²) in [6.07, 6.45) is 6.97. The highest BCUT2D eigenvalue weighted by Crippen LogP contribution is 2.31. The molecule has 0 saturated carbocycles. The van der Waals surface area contributed by atoms with E-state index in [1.807, 2.05) is 6.92 Å². The third-order valence-electron chi connectivity index (χ3n) is 2.91. The molecule has 0 spiro atoms. The number of pyridine rings is 1. The summed E-state index contributed by atoms with van der Waals surface area (Å²) in [5.41, 5.74) is 0.114. The second kappa shape index (κ2) is 3.89. The largest absolute Gasteiger partial charge is 0.292 e. The van der Waals surface area contributed by atoms with E-state index in [2.05, 4.69) is 10.3 Å². The third-order valence-corrected chi connectivity index (χ3v) is 2.91. The lowest BCUT2D eigenvalue weighted by atomic mass is 9.76. The first-order chi connectivity index (χ1) is 7.69. The highest BCUT2D eigenvalue weighted by Gasteiger charge is 2.39. The molecule has 2 rings (SSSR count). The number of nitrogens with one attached hydrogen (secondary N) is 1. The molecular weight excluding hydrogens is 204 g/mol. The van der Waals surface area contributed by atoms with Crippen LogP contribution in [0.5, 0.6) is 0 Å². The van der Waals surface area contributed by atoms with Gasteiger partial charge in [0, 0.05) is 18.5 Å². The molecule has 1 aliphatic heterocycles. The Bertz CT molecular complexity index is 453. The summed E-state index contributed by atoms with van der Waals surface area (Å²) in [6.45, 7) is 1.92. The van der Waals surface area contributed by atoms with Gasteiger partial charge in [-0.2, -0.15) is 0 Å². The van der Waals surface area contributed by atoms with Crippen molar-refractivity contribution in [2.75, 3.05) is 0 Å². The van der Waals surface area contributed by atoms with Crippen molar-refractivity contribution >= 4 is 11.8 Å². The van der Waals surface area contributed by atoms with Gasteiger partial charge >= 0.3 is 0 Å².